The van der Waals surface area contributed by atoms with Crippen molar-refractivity contribution in [3.8, 4) is 6.07 Å². The van der Waals surface area contributed by atoms with E-state index in [1.54, 1.807) is 0 Å². The van der Waals surface area contributed by atoms with E-state index >= 15 is 0 Å². The maximum absolute atomic E-state index is 9.26. The Labute approximate surface area is 72.0 Å². The van der Waals surface area contributed by atoms with Crippen molar-refractivity contribution in [1.82, 2.24) is 4.90 Å². The number of hydrogen-bond acceptors (Lipinski definition) is 4. The van der Waals surface area contributed by atoms with Gasteiger partial charge in [0.25, 0.3) is 0 Å². The minimum atomic E-state index is -0.333. The maximum atomic E-state index is 9.26. The number of likely N-dealkylation sites (tertiary alicyclic amines) is 1. The summed E-state index contributed by atoms with van der Waals surface area (Å²) in [6, 6.07) is 2.10. The molecule has 0 aromatic carbocycles. The Kier molecular flexibility index (Phi) is 3.48. The van der Waals surface area contributed by atoms with Gasteiger partial charge in [-0.2, -0.15) is 5.26 Å². The van der Waals surface area contributed by atoms with Crippen molar-refractivity contribution in [3.05, 3.63) is 0 Å². The zero-order chi connectivity index (χ0) is 8.97. The van der Waals surface area contributed by atoms with Crippen LogP contribution >= 0.6 is 0 Å². The fraction of sp³-hybridized carbons (Fsp3) is 0.875. The topological polar surface area (TPSA) is 67.5 Å². The van der Waals surface area contributed by atoms with Gasteiger partial charge in [0.2, 0.25) is 0 Å². The van der Waals surface area contributed by atoms with Gasteiger partial charge in [-0.3, -0.25) is 4.90 Å². The molecule has 2 unspecified atom stereocenters. The Bertz CT molecular complexity index is 178. The lowest BCUT2D eigenvalue weighted by atomic mass is 10.2. The lowest BCUT2D eigenvalue weighted by Gasteiger charge is -2.20. The van der Waals surface area contributed by atoms with E-state index < -0.39 is 0 Å². The summed E-state index contributed by atoms with van der Waals surface area (Å²) in [5.41, 5.74) is 0. The molecule has 0 saturated carbocycles. The van der Waals surface area contributed by atoms with E-state index in [2.05, 4.69) is 0 Å². The summed E-state index contributed by atoms with van der Waals surface area (Å²) >= 11 is 0. The molecular weight excluding hydrogens is 156 g/mol. The molecule has 4 nitrogen and oxygen atoms in total. The minimum Gasteiger partial charge on any atom is -0.395 e. The first-order valence-electron chi connectivity index (χ1n) is 4.18. The molecule has 0 spiro atoms. The van der Waals surface area contributed by atoms with Crippen molar-refractivity contribution < 1.29 is 10.2 Å². The lowest BCUT2D eigenvalue weighted by molar-refractivity contribution is 0.158. The number of hydrogen-bond donors (Lipinski definition) is 2. The highest BCUT2D eigenvalue weighted by Gasteiger charge is 2.29. The Morgan fingerprint density at radius 2 is 2.33 bits per heavy atom. The summed E-state index contributed by atoms with van der Waals surface area (Å²) < 4.78 is 0. The van der Waals surface area contributed by atoms with Gasteiger partial charge in [0.05, 0.1) is 18.8 Å². The van der Waals surface area contributed by atoms with Crippen LogP contribution in [0.2, 0.25) is 0 Å². The molecule has 4 heteroatoms. The first-order valence-corrected chi connectivity index (χ1v) is 4.18. The zero-order valence-corrected chi connectivity index (χ0v) is 6.98. The third-order valence-electron chi connectivity index (χ3n) is 2.23. The van der Waals surface area contributed by atoms with Crippen molar-refractivity contribution >= 4 is 0 Å². The molecule has 1 aliphatic heterocycles. The number of rotatable bonds is 3. The second-order valence-electron chi connectivity index (χ2n) is 3.13. The van der Waals surface area contributed by atoms with Gasteiger partial charge in [0.1, 0.15) is 0 Å². The van der Waals surface area contributed by atoms with Crippen LogP contribution in [0.3, 0.4) is 0 Å². The Hall–Kier alpha value is -0.630. The van der Waals surface area contributed by atoms with Gasteiger partial charge >= 0.3 is 0 Å². The van der Waals surface area contributed by atoms with Crippen molar-refractivity contribution in [2.24, 2.45) is 0 Å². The van der Waals surface area contributed by atoms with E-state index in [0.29, 0.717) is 25.9 Å². The van der Waals surface area contributed by atoms with Crippen molar-refractivity contribution in [2.75, 3.05) is 19.7 Å². The Morgan fingerprint density at radius 1 is 1.58 bits per heavy atom. The predicted molar refractivity (Wildman–Crippen MR) is 43.3 cm³/mol. The molecule has 1 heterocycles. The number of nitriles is 1. The highest BCUT2D eigenvalue weighted by Crippen LogP contribution is 2.16. The number of nitrogens with zero attached hydrogens (tertiary/aromatic N) is 2. The van der Waals surface area contributed by atoms with Gasteiger partial charge in [-0.25, -0.2) is 0 Å². The summed E-state index contributed by atoms with van der Waals surface area (Å²) in [5, 5.41) is 26.5. The number of aliphatic hydroxyl groups is 2. The van der Waals surface area contributed by atoms with E-state index in [-0.39, 0.29) is 18.8 Å². The van der Waals surface area contributed by atoms with Crippen LogP contribution in [-0.2, 0) is 0 Å². The van der Waals surface area contributed by atoms with Gasteiger partial charge in [0, 0.05) is 25.6 Å². The molecule has 1 saturated heterocycles. The molecule has 0 bridgehead atoms. The summed E-state index contributed by atoms with van der Waals surface area (Å²) in [5.74, 6) is 0. The van der Waals surface area contributed by atoms with Crippen molar-refractivity contribution in [2.45, 2.75) is 25.0 Å². The van der Waals surface area contributed by atoms with Gasteiger partial charge in [-0.15, -0.1) is 0 Å². The SMILES string of the molecule is N#CCCN1CC(O)CC1CO. The highest BCUT2D eigenvalue weighted by atomic mass is 16.3. The molecule has 68 valence electrons. The molecule has 0 aromatic rings. The second kappa shape index (κ2) is 4.41. The predicted octanol–water partition coefficient (Wildman–Crippen LogP) is -0.672. The monoisotopic (exact) mass is 170 g/mol. The molecule has 0 aromatic heterocycles. The van der Waals surface area contributed by atoms with E-state index in [4.69, 9.17) is 10.4 Å². The first-order chi connectivity index (χ1) is 5.77. The van der Waals surface area contributed by atoms with Gasteiger partial charge in [-0.1, -0.05) is 0 Å². The molecule has 2 N–H and O–H groups in total. The van der Waals surface area contributed by atoms with Gasteiger partial charge in [0.15, 0.2) is 0 Å². The molecule has 0 aliphatic carbocycles. The van der Waals surface area contributed by atoms with Crippen LogP contribution < -0.4 is 0 Å². The molecule has 12 heavy (non-hydrogen) atoms. The minimum absolute atomic E-state index is 0.0494. The average Bonchev–Trinajstić information content (AvgIpc) is 2.42. The lowest BCUT2D eigenvalue weighted by Crippen LogP contribution is -2.33. The first kappa shape index (κ1) is 9.46. The summed E-state index contributed by atoms with van der Waals surface area (Å²) in [4.78, 5) is 1.97. The Morgan fingerprint density at radius 3 is 2.92 bits per heavy atom. The maximum Gasteiger partial charge on any atom is 0.0683 e. The molecular formula is C8H14N2O2. The normalized spacial score (nSPS) is 30.4. The molecule has 1 fully saturated rings. The van der Waals surface area contributed by atoms with Gasteiger partial charge in [-0.05, 0) is 6.42 Å². The summed E-state index contributed by atoms with van der Waals surface area (Å²) in [6.07, 6.45) is 0.756. The van der Waals surface area contributed by atoms with E-state index in [1.165, 1.54) is 0 Å². The average molecular weight is 170 g/mol. The third-order valence-corrected chi connectivity index (χ3v) is 2.23. The van der Waals surface area contributed by atoms with Crippen LogP contribution in [-0.4, -0.2) is 47.0 Å². The quantitative estimate of drug-likeness (QED) is 0.589. The van der Waals surface area contributed by atoms with Gasteiger partial charge < -0.3 is 10.2 Å². The summed E-state index contributed by atoms with van der Waals surface area (Å²) in [7, 11) is 0. The van der Waals surface area contributed by atoms with Crippen LogP contribution in [0.5, 0.6) is 0 Å². The van der Waals surface area contributed by atoms with Crippen molar-refractivity contribution in [1.29, 1.82) is 5.26 Å². The van der Waals surface area contributed by atoms with Crippen LogP contribution in [0, 0.1) is 11.3 Å². The standard InChI is InChI=1S/C8H14N2O2/c9-2-1-3-10-5-8(12)4-7(10)6-11/h7-8,11-12H,1,3-6H2. The molecule has 0 radical (unpaired) electrons. The van der Waals surface area contributed by atoms with Crippen LogP contribution in [0.15, 0.2) is 0 Å². The Balaban J connectivity index is 2.36. The second-order valence-corrected chi connectivity index (χ2v) is 3.13. The zero-order valence-electron chi connectivity index (χ0n) is 6.98. The molecule has 0 amide bonds. The van der Waals surface area contributed by atoms with E-state index in [0.717, 1.165) is 0 Å². The van der Waals surface area contributed by atoms with Crippen LogP contribution in [0.1, 0.15) is 12.8 Å². The third kappa shape index (κ3) is 2.18. The van der Waals surface area contributed by atoms with E-state index in [1.807, 2.05) is 11.0 Å². The fourth-order valence-electron chi connectivity index (χ4n) is 1.61. The molecule has 1 rings (SSSR count). The molecule has 1 aliphatic rings. The van der Waals surface area contributed by atoms with Crippen LogP contribution in [0.4, 0.5) is 0 Å². The molecule has 2 atom stereocenters. The number of aliphatic hydroxyl groups excluding tert-OH is 2. The van der Waals surface area contributed by atoms with E-state index in [9.17, 15) is 5.11 Å². The number of β-amino-alcohol motifs (C(OH)–C–C–N with tert-alkyl or cyclic N) is 1. The summed E-state index contributed by atoms with van der Waals surface area (Å²) in [6.45, 7) is 1.31. The highest BCUT2D eigenvalue weighted by molar-refractivity contribution is 4.86. The smallest absolute Gasteiger partial charge is 0.0683 e. The fourth-order valence-corrected chi connectivity index (χ4v) is 1.61. The van der Waals surface area contributed by atoms with Crippen molar-refractivity contribution in [3.63, 3.8) is 0 Å². The largest absolute Gasteiger partial charge is 0.395 e. The van der Waals surface area contributed by atoms with Crippen LogP contribution in [0.25, 0.3) is 0 Å².